The van der Waals surface area contributed by atoms with Crippen molar-refractivity contribution in [2.45, 2.75) is 6.18 Å². The molecular weight excluding hydrogens is 363 g/mol. The van der Waals surface area contributed by atoms with Crippen molar-refractivity contribution in [2.75, 3.05) is 7.11 Å². The summed E-state index contributed by atoms with van der Waals surface area (Å²) in [5, 5.41) is 4.11. The number of methoxy groups -OCH3 is 1. The minimum atomic E-state index is -4.42. The van der Waals surface area contributed by atoms with Crippen molar-refractivity contribution in [3.8, 4) is 16.9 Å². The van der Waals surface area contributed by atoms with E-state index < -0.39 is 11.7 Å². The summed E-state index contributed by atoms with van der Waals surface area (Å²) in [6, 6.07) is 6.86. The van der Waals surface area contributed by atoms with E-state index in [0.717, 1.165) is 12.1 Å². The number of pyridine rings is 1. The monoisotopic (exact) mass is 371 g/mol. The van der Waals surface area contributed by atoms with Gasteiger partial charge in [-0.15, -0.1) is 5.10 Å². The molecule has 4 nitrogen and oxygen atoms in total. The Kier molecular flexibility index (Phi) is 3.56. The van der Waals surface area contributed by atoms with Gasteiger partial charge in [0.05, 0.1) is 12.7 Å². The first-order valence-electron chi connectivity index (χ1n) is 6.16. The standard InChI is InChI=1S/C14H9BrF3N3O/c1-22-11-7-8(14(16,17)18)4-5-9(11)10-3-2-6-21-12(10)19-13(15)20-21/h2-7H,1H3. The van der Waals surface area contributed by atoms with E-state index in [2.05, 4.69) is 26.0 Å². The normalized spacial score (nSPS) is 11.9. The maximum atomic E-state index is 12.8. The number of aromatic nitrogens is 3. The minimum Gasteiger partial charge on any atom is -0.496 e. The van der Waals surface area contributed by atoms with Gasteiger partial charge >= 0.3 is 6.18 Å². The number of hydrogen-bond donors (Lipinski definition) is 0. The van der Waals surface area contributed by atoms with Gasteiger partial charge in [0.15, 0.2) is 5.65 Å². The van der Waals surface area contributed by atoms with Crippen LogP contribution >= 0.6 is 15.9 Å². The average Bonchev–Trinajstić information content (AvgIpc) is 2.85. The molecule has 8 heteroatoms. The van der Waals surface area contributed by atoms with Crippen LogP contribution < -0.4 is 4.74 Å². The van der Waals surface area contributed by atoms with E-state index in [-0.39, 0.29) is 5.75 Å². The molecule has 1 aromatic carbocycles. The van der Waals surface area contributed by atoms with Crippen LogP contribution in [0.15, 0.2) is 41.3 Å². The fourth-order valence-corrected chi connectivity index (χ4v) is 2.52. The first kappa shape index (κ1) is 14.8. The van der Waals surface area contributed by atoms with Crippen LogP contribution in [-0.4, -0.2) is 21.7 Å². The zero-order chi connectivity index (χ0) is 15.9. The van der Waals surface area contributed by atoms with Crippen molar-refractivity contribution in [3.05, 3.63) is 46.8 Å². The van der Waals surface area contributed by atoms with Crippen LogP contribution in [0.5, 0.6) is 5.75 Å². The predicted octanol–water partition coefficient (Wildman–Crippen LogP) is 4.19. The fourth-order valence-electron chi connectivity index (χ4n) is 2.18. The Balaban J connectivity index is 2.22. The van der Waals surface area contributed by atoms with E-state index in [0.29, 0.717) is 21.5 Å². The Morgan fingerprint density at radius 1 is 1.18 bits per heavy atom. The fraction of sp³-hybridized carbons (Fsp3) is 0.143. The SMILES string of the molecule is COc1cc(C(F)(F)F)ccc1-c1cccn2nc(Br)nc12. The number of hydrogen-bond acceptors (Lipinski definition) is 3. The second kappa shape index (κ2) is 5.28. The molecule has 2 aromatic heterocycles. The maximum absolute atomic E-state index is 12.8. The Morgan fingerprint density at radius 2 is 1.95 bits per heavy atom. The van der Waals surface area contributed by atoms with Crippen molar-refractivity contribution in [1.82, 2.24) is 14.6 Å². The molecule has 22 heavy (non-hydrogen) atoms. The maximum Gasteiger partial charge on any atom is 0.416 e. The molecular formula is C14H9BrF3N3O. The molecule has 3 aromatic rings. The summed E-state index contributed by atoms with van der Waals surface area (Å²) in [4.78, 5) is 4.23. The summed E-state index contributed by atoms with van der Waals surface area (Å²) in [6.07, 6.45) is -2.72. The summed E-state index contributed by atoms with van der Waals surface area (Å²) in [5.41, 5.74) is 0.905. The van der Waals surface area contributed by atoms with Crippen LogP contribution in [0.1, 0.15) is 5.56 Å². The van der Waals surface area contributed by atoms with E-state index in [1.54, 1.807) is 18.3 Å². The van der Waals surface area contributed by atoms with Crippen molar-refractivity contribution < 1.29 is 17.9 Å². The third-order valence-corrected chi connectivity index (χ3v) is 3.49. The second-order valence-corrected chi connectivity index (χ2v) is 5.19. The van der Waals surface area contributed by atoms with E-state index in [9.17, 15) is 13.2 Å². The largest absolute Gasteiger partial charge is 0.496 e. The highest BCUT2D eigenvalue weighted by molar-refractivity contribution is 9.10. The van der Waals surface area contributed by atoms with E-state index in [1.165, 1.54) is 17.7 Å². The minimum absolute atomic E-state index is 0.127. The van der Waals surface area contributed by atoms with E-state index >= 15 is 0 Å². The molecule has 0 bridgehead atoms. The first-order chi connectivity index (χ1) is 10.4. The smallest absolute Gasteiger partial charge is 0.416 e. The summed E-state index contributed by atoms with van der Waals surface area (Å²) < 4.78 is 45.5. The van der Waals surface area contributed by atoms with Gasteiger partial charge in [-0.2, -0.15) is 13.2 Å². The van der Waals surface area contributed by atoms with Crippen molar-refractivity contribution in [2.24, 2.45) is 0 Å². The van der Waals surface area contributed by atoms with Gasteiger partial charge in [0.2, 0.25) is 4.73 Å². The molecule has 0 N–H and O–H groups in total. The second-order valence-electron chi connectivity index (χ2n) is 4.48. The Bertz CT molecular complexity index is 845. The molecule has 0 aliphatic heterocycles. The van der Waals surface area contributed by atoms with E-state index in [1.807, 2.05) is 0 Å². The highest BCUT2D eigenvalue weighted by Crippen LogP contribution is 2.38. The van der Waals surface area contributed by atoms with Crippen molar-refractivity contribution >= 4 is 21.6 Å². The molecule has 0 unspecified atom stereocenters. The number of benzene rings is 1. The van der Waals surface area contributed by atoms with Gasteiger partial charge in [0, 0.05) is 17.3 Å². The zero-order valence-electron chi connectivity index (χ0n) is 11.2. The summed E-state index contributed by atoms with van der Waals surface area (Å²) in [6.45, 7) is 0. The molecule has 0 spiro atoms. The molecule has 3 rings (SSSR count). The molecule has 114 valence electrons. The molecule has 0 amide bonds. The number of alkyl halides is 3. The lowest BCUT2D eigenvalue weighted by atomic mass is 10.0. The Labute approximate surface area is 131 Å². The number of rotatable bonds is 2. The number of fused-ring (bicyclic) bond motifs is 1. The third-order valence-electron chi connectivity index (χ3n) is 3.16. The predicted molar refractivity (Wildman–Crippen MR) is 77.7 cm³/mol. The van der Waals surface area contributed by atoms with Gasteiger partial charge in [-0.1, -0.05) is 0 Å². The summed E-state index contributed by atoms with van der Waals surface area (Å²) >= 11 is 3.18. The third kappa shape index (κ3) is 2.54. The molecule has 0 aliphatic rings. The van der Waals surface area contributed by atoms with Crippen LogP contribution in [0, 0.1) is 0 Å². The van der Waals surface area contributed by atoms with Gasteiger partial charge in [0.1, 0.15) is 5.75 Å². The lowest BCUT2D eigenvalue weighted by Crippen LogP contribution is -2.05. The molecule has 0 aliphatic carbocycles. The van der Waals surface area contributed by atoms with Crippen molar-refractivity contribution in [1.29, 1.82) is 0 Å². The number of ether oxygens (including phenoxy) is 1. The van der Waals surface area contributed by atoms with Crippen LogP contribution in [0.3, 0.4) is 0 Å². The van der Waals surface area contributed by atoms with E-state index in [4.69, 9.17) is 4.74 Å². The lowest BCUT2D eigenvalue weighted by Gasteiger charge is -2.13. The topological polar surface area (TPSA) is 39.4 Å². The van der Waals surface area contributed by atoms with Gasteiger partial charge in [-0.05, 0) is 46.3 Å². The molecule has 0 atom stereocenters. The Hall–Kier alpha value is -2.09. The van der Waals surface area contributed by atoms with Crippen molar-refractivity contribution in [3.63, 3.8) is 0 Å². The van der Waals surface area contributed by atoms with Gasteiger partial charge in [-0.3, -0.25) is 0 Å². The lowest BCUT2D eigenvalue weighted by molar-refractivity contribution is -0.137. The molecule has 0 saturated carbocycles. The van der Waals surface area contributed by atoms with Crippen LogP contribution in [0.4, 0.5) is 13.2 Å². The quantitative estimate of drug-likeness (QED) is 0.678. The average molecular weight is 372 g/mol. The highest BCUT2D eigenvalue weighted by Gasteiger charge is 2.31. The van der Waals surface area contributed by atoms with Gasteiger partial charge < -0.3 is 4.74 Å². The summed E-state index contributed by atoms with van der Waals surface area (Å²) in [5.74, 6) is 0.127. The Morgan fingerprint density at radius 3 is 2.64 bits per heavy atom. The highest BCUT2D eigenvalue weighted by atomic mass is 79.9. The zero-order valence-corrected chi connectivity index (χ0v) is 12.8. The molecule has 2 heterocycles. The number of nitrogens with zero attached hydrogens (tertiary/aromatic N) is 3. The molecule has 0 fully saturated rings. The number of halogens is 4. The first-order valence-corrected chi connectivity index (χ1v) is 6.96. The summed E-state index contributed by atoms with van der Waals surface area (Å²) in [7, 11) is 1.33. The van der Waals surface area contributed by atoms with Crippen LogP contribution in [0.2, 0.25) is 0 Å². The van der Waals surface area contributed by atoms with Crippen LogP contribution in [0.25, 0.3) is 16.8 Å². The van der Waals surface area contributed by atoms with Gasteiger partial charge in [-0.25, -0.2) is 9.50 Å². The van der Waals surface area contributed by atoms with Crippen LogP contribution in [-0.2, 0) is 6.18 Å². The molecule has 0 saturated heterocycles. The van der Waals surface area contributed by atoms with Gasteiger partial charge in [0.25, 0.3) is 0 Å². The molecule has 0 radical (unpaired) electrons.